The van der Waals surface area contributed by atoms with Crippen LogP contribution in [0.1, 0.15) is 17.3 Å². The zero-order valence-electron chi connectivity index (χ0n) is 11.7. The average molecular weight is 285 g/mol. The number of ether oxygens (including phenoxy) is 1. The van der Waals surface area contributed by atoms with E-state index in [1.54, 1.807) is 36.4 Å². The molecular weight excluding hydrogens is 269 g/mol. The quantitative estimate of drug-likeness (QED) is 0.643. The highest BCUT2D eigenvalue weighted by molar-refractivity contribution is 6.04. The van der Waals surface area contributed by atoms with E-state index in [0.29, 0.717) is 17.9 Å². The maximum atomic E-state index is 12.7. The maximum Gasteiger partial charge on any atom is 0.187 e. The number of anilines is 1. The normalized spacial score (nSPS) is 10.6. The first kappa shape index (κ1) is 14.8. The van der Waals surface area contributed by atoms with Crippen molar-refractivity contribution in [3.63, 3.8) is 0 Å². The van der Waals surface area contributed by atoms with Gasteiger partial charge in [-0.2, -0.15) is 0 Å². The van der Waals surface area contributed by atoms with E-state index in [1.165, 1.54) is 24.4 Å². The van der Waals surface area contributed by atoms with Crippen molar-refractivity contribution >= 4 is 11.5 Å². The number of carbonyl (C=O) groups excluding carboxylic acids is 1. The van der Waals surface area contributed by atoms with Crippen LogP contribution >= 0.6 is 0 Å². The second-order valence-electron chi connectivity index (χ2n) is 4.31. The Morgan fingerprint density at radius 2 is 1.81 bits per heavy atom. The first-order valence-corrected chi connectivity index (χ1v) is 6.65. The minimum Gasteiger partial charge on any atom is -0.494 e. The molecular formula is C17H16FNO2. The molecule has 0 atom stereocenters. The van der Waals surface area contributed by atoms with Gasteiger partial charge in [-0.15, -0.1) is 0 Å². The van der Waals surface area contributed by atoms with Gasteiger partial charge in [0.1, 0.15) is 11.6 Å². The summed E-state index contributed by atoms with van der Waals surface area (Å²) in [6, 6.07) is 12.9. The molecule has 4 heteroatoms. The van der Waals surface area contributed by atoms with E-state index < -0.39 is 0 Å². The average Bonchev–Trinajstić information content (AvgIpc) is 2.50. The van der Waals surface area contributed by atoms with E-state index in [0.717, 1.165) is 5.75 Å². The highest BCUT2D eigenvalue weighted by Gasteiger charge is 2.01. The zero-order valence-corrected chi connectivity index (χ0v) is 11.7. The van der Waals surface area contributed by atoms with Crippen molar-refractivity contribution < 1.29 is 13.9 Å². The third-order valence-corrected chi connectivity index (χ3v) is 2.78. The maximum absolute atomic E-state index is 12.7. The molecule has 0 unspecified atom stereocenters. The van der Waals surface area contributed by atoms with Gasteiger partial charge in [0.05, 0.1) is 6.61 Å². The van der Waals surface area contributed by atoms with Gasteiger partial charge < -0.3 is 10.1 Å². The molecule has 0 amide bonds. The molecule has 2 aromatic carbocycles. The monoisotopic (exact) mass is 285 g/mol. The van der Waals surface area contributed by atoms with E-state index in [-0.39, 0.29) is 11.6 Å². The van der Waals surface area contributed by atoms with Crippen LogP contribution in [0.15, 0.2) is 60.8 Å². The van der Waals surface area contributed by atoms with Gasteiger partial charge in [0.15, 0.2) is 5.78 Å². The molecule has 0 aromatic heterocycles. The van der Waals surface area contributed by atoms with Crippen molar-refractivity contribution in [2.45, 2.75) is 6.92 Å². The number of benzene rings is 2. The molecule has 0 saturated heterocycles. The van der Waals surface area contributed by atoms with Gasteiger partial charge in [-0.3, -0.25) is 4.79 Å². The minimum absolute atomic E-state index is 0.118. The van der Waals surface area contributed by atoms with Gasteiger partial charge >= 0.3 is 0 Å². The molecule has 0 heterocycles. The summed E-state index contributed by atoms with van der Waals surface area (Å²) >= 11 is 0. The van der Waals surface area contributed by atoms with Crippen LogP contribution in [0.4, 0.5) is 10.1 Å². The number of nitrogens with one attached hydrogen (secondary N) is 1. The molecule has 2 rings (SSSR count). The highest BCUT2D eigenvalue weighted by atomic mass is 19.1. The van der Waals surface area contributed by atoms with E-state index in [2.05, 4.69) is 5.32 Å². The number of hydrogen-bond donors (Lipinski definition) is 1. The Labute approximate surface area is 123 Å². The predicted molar refractivity (Wildman–Crippen MR) is 81.1 cm³/mol. The molecule has 0 aliphatic carbocycles. The lowest BCUT2D eigenvalue weighted by atomic mass is 10.1. The fourth-order valence-corrected chi connectivity index (χ4v) is 1.74. The Morgan fingerprint density at radius 3 is 2.43 bits per heavy atom. The van der Waals surface area contributed by atoms with Crippen molar-refractivity contribution in [2.24, 2.45) is 0 Å². The van der Waals surface area contributed by atoms with Crippen LogP contribution in [-0.4, -0.2) is 12.4 Å². The molecule has 0 spiro atoms. The van der Waals surface area contributed by atoms with Gasteiger partial charge in [-0.05, 0) is 55.5 Å². The van der Waals surface area contributed by atoms with E-state index in [9.17, 15) is 9.18 Å². The number of allylic oxidation sites excluding steroid dienone is 1. The van der Waals surface area contributed by atoms with Crippen LogP contribution < -0.4 is 10.1 Å². The first-order valence-electron chi connectivity index (χ1n) is 6.65. The summed E-state index contributed by atoms with van der Waals surface area (Å²) < 4.78 is 18.1. The molecule has 0 bridgehead atoms. The van der Waals surface area contributed by atoms with Crippen LogP contribution in [0.25, 0.3) is 0 Å². The minimum atomic E-state index is -0.296. The Bertz CT molecular complexity index is 618. The van der Waals surface area contributed by atoms with Gasteiger partial charge in [0.2, 0.25) is 0 Å². The molecule has 108 valence electrons. The Balaban J connectivity index is 1.94. The van der Waals surface area contributed by atoms with Crippen molar-refractivity contribution in [1.29, 1.82) is 0 Å². The Morgan fingerprint density at radius 1 is 1.14 bits per heavy atom. The van der Waals surface area contributed by atoms with Gasteiger partial charge in [0, 0.05) is 23.5 Å². The lowest BCUT2D eigenvalue weighted by Crippen LogP contribution is -1.97. The molecule has 21 heavy (non-hydrogen) atoms. The molecule has 0 fully saturated rings. The van der Waals surface area contributed by atoms with Crippen LogP contribution in [0.5, 0.6) is 5.75 Å². The summed E-state index contributed by atoms with van der Waals surface area (Å²) in [5, 5.41) is 2.91. The summed E-state index contributed by atoms with van der Waals surface area (Å²) in [4.78, 5) is 11.9. The largest absolute Gasteiger partial charge is 0.494 e. The van der Waals surface area contributed by atoms with Crippen LogP contribution in [0.3, 0.4) is 0 Å². The van der Waals surface area contributed by atoms with Gasteiger partial charge in [-0.1, -0.05) is 0 Å². The molecule has 0 saturated carbocycles. The van der Waals surface area contributed by atoms with Crippen LogP contribution in [0.2, 0.25) is 0 Å². The summed E-state index contributed by atoms with van der Waals surface area (Å²) in [6.45, 7) is 2.50. The molecule has 0 radical (unpaired) electrons. The lowest BCUT2D eigenvalue weighted by molar-refractivity contribution is 0.104. The number of ketones is 1. The van der Waals surface area contributed by atoms with E-state index in [4.69, 9.17) is 4.74 Å². The van der Waals surface area contributed by atoms with E-state index in [1.807, 2.05) is 6.92 Å². The Hall–Kier alpha value is -2.62. The topological polar surface area (TPSA) is 38.3 Å². The highest BCUT2D eigenvalue weighted by Crippen LogP contribution is 2.13. The van der Waals surface area contributed by atoms with E-state index >= 15 is 0 Å². The van der Waals surface area contributed by atoms with Crippen molar-refractivity contribution in [3.05, 3.63) is 72.2 Å². The summed E-state index contributed by atoms with van der Waals surface area (Å²) in [5.41, 5.74) is 1.29. The number of carbonyl (C=O) groups is 1. The molecule has 3 nitrogen and oxygen atoms in total. The number of rotatable bonds is 6. The summed E-state index contributed by atoms with van der Waals surface area (Å²) in [5.74, 6) is 0.324. The van der Waals surface area contributed by atoms with Gasteiger partial charge in [0.25, 0.3) is 0 Å². The fraction of sp³-hybridized carbons (Fsp3) is 0.118. The number of hydrogen-bond acceptors (Lipinski definition) is 3. The Kier molecular flexibility index (Phi) is 5.10. The second kappa shape index (κ2) is 7.24. The lowest BCUT2D eigenvalue weighted by Gasteiger charge is -2.03. The third-order valence-electron chi connectivity index (χ3n) is 2.78. The second-order valence-corrected chi connectivity index (χ2v) is 4.31. The molecule has 0 aliphatic rings. The van der Waals surface area contributed by atoms with Gasteiger partial charge in [-0.25, -0.2) is 4.39 Å². The molecule has 2 aromatic rings. The van der Waals surface area contributed by atoms with Crippen LogP contribution in [0, 0.1) is 5.82 Å². The summed E-state index contributed by atoms with van der Waals surface area (Å²) in [7, 11) is 0. The van der Waals surface area contributed by atoms with Crippen molar-refractivity contribution in [1.82, 2.24) is 0 Å². The SMILES string of the molecule is CCOc1ccc(C(=O)C=CNc2ccc(F)cc2)cc1. The third kappa shape index (κ3) is 4.45. The summed E-state index contributed by atoms with van der Waals surface area (Å²) in [6.07, 6.45) is 2.96. The van der Waals surface area contributed by atoms with Crippen molar-refractivity contribution in [2.75, 3.05) is 11.9 Å². The smallest absolute Gasteiger partial charge is 0.187 e. The molecule has 0 aliphatic heterocycles. The zero-order chi connectivity index (χ0) is 15.1. The van der Waals surface area contributed by atoms with Crippen LogP contribution in [-0.2, 0) is 0 Å². The first-order chi connectivity index (χ1) is 10.2. The molecule has 1 N–H and O–H groups in total. The van der Waals surface area contributed by atoms with Crippen molar-refractivity contribution in [3.8, 4) is 5.75 Å². The number of halogens is 1. The predicted octanol–water partition coefficient (Wildman–Crippen LogP) is 4.03. The fourth-order valence-electron chi connectivity index (χ4n) is 1.74. The standard InChI is InChI=1S/C17H16FNO2/c1-2-21-16-9-3-13(4-10-16)17(20)11-12-19-15-7-5-14(18)6-8-15/h3-12,19H,2H2,1H3.